The van der Waals surface area contributed by atoms with E-state index in [4.69, 9.17) is 0 Å². The number of hydrogen-bond donors (Lipinski definition) is 0. The second-order valence-corrected chi connectivity index (χ2v) is 7.91. The molecule has 0 aromatic heterocycles. The van der Waals surface area contributed by atoms with E-state index in [1.165, 1.54) is 16.3 Å². The average Bonchev–Trinajstić information content (AvgIpc) is 2.86. The molecule has 0 amide bonds. The lowest BCUT2D eigenvalue weighted by Gasteiger charge is -2.27. The van der Waals surface area contributed by atoms with Gasteiger partial charge < -0.3 is 4.90 Å². The maximum atomic E-state index is 12.9. The van der Waals surface area contributed by atoms with Crippen molar-refractivity contribution in [1.29, 1.82) is 0 Å². The lowest BCUT2D eigenvalue weighted by molar-refractivity contribution is 0.103. The fourth-order valence-corrected chi connectivity index (χ4v) is 4.04. The molecule has 0 unspecified atom stereocenters. The summed E-state index contributed by atoms with van der Waals surface area (Å²) in [4.78, 5) is 15.1. The largest absolute Gasteiger partial charge is 0.310 e. The van der Waals surface area contributed by atoms with Crippen molar-refractivity contribution in [2.45, 2.75) is 6.92 Å². The Labute approximate surface area is 188 Å². The molecule has 0 radical (unpaired) electrons. The van der Waals surface area contributed by atoms with Crippen LogP contribution < -0.4 is 4.90 Å². The van der Waals surface area contributed by atoms with Gasteiger partial charge in [-0.1, -0.05) is 84.4 Å². The molecule has 0 fully saturated rings. The second-order valence-electron chi connectivity index (χ2n) is 7.91. The second kappa shape index (κ2) is 8.52. The molecule has 0 spiro atoms. The van der Waals surface area contributed by atoms with Crippen LogP contribution in [0.2, 0.25) is 0 Å². The van der Waals surface area contributed by atoms with Crippen LogP contribution in [0.3, 0.4) is 0 Å². The number of anilines is 3. The van der Waals surface area contributed by atoms with E-state index in [1.807, 2.05) is 54.6 Å². The Hall–Kier alpha value is -4.17. The normalized spacial score (nSPS) is 10.8. The summed E-state index contributed by atoms with van der Waals surface area (Å²) in [6.45, 7) is 2.09. The van der Waals surface area contributed by atoms with Crippen molar-refractivity contribution in [2.75, 3.05) is 4.90 Å². The van der Waals surface area contributed by atoms with Gasteiger partial charge in [0.2, 0.25) is 0 Å². The van der Waals surface area contributed by atoms with Gasteiger partial charge in [-0.2, -0.15) is 0 Å². The Morgan fingerprint density at radius 1 is 0.562 bits per heavy atom. The van der Waals surface area contributed by atoms with Crippen LogP contribution in [0.15, 0.2) is 121 Å². The fraction of sp³-hybridized carbons (Fsp3) is 0.0333. The van der Waals surface area contributed by atoms with Gasteiger partial charge in [0.15, 0.2) is 5.78 Å². The number of nitrogens with zero attached hydrogens (tertiary/aromatic N) is 1. The highest BCUT2D eigenvalue weighted by atomic mass is 16.1. The van der Waals surface area contributed by atoms with Gasteiger partial charge in [-0.15, -0.1) is 0 Å². The molecule has 0 aliphatic carbocycles. The van der Waals surface area contributed by atoms with Crippen LogP contribution in [0.4, 0.5) is 17.1 Å². The van der Waals surface area contributed by atoms with Gasteiger partial charge in [0.05, 0.1) is 5.69 Å². The highest BCUT2D eigenvalue weighted by Gasteiger charge is 2.16. The van der Waals surface area contributed by atoms with E-state index in [0.29, 0.717) is 11.1 Å². The number of aryl methyl sites for hydroxylation is 1. The highest BCUT2D eigenvalue weighted by Crippen LogP contribution is 2.38. The molecule has 0 saturated carbocycles. The van der Waals surface area contributed by atoms with Gasteiger partial charge in [0.1, 0.15) is 0 Å². The molecule has 5 aromatic carbocycles. The Balaban J connectivity index is 1.61. The van der Waals surface area contributed by atoms with Gasteiger partial charge in [-0.05, 0) is 54.8 Å². The molecular weight excluding hydrogens is 390 g/mol. The summed E-state index contributed by atoms with van der Waals surface area (Å²) in [5.41, 5.74) is 5.79. The SMILES string of the molecule is Cc1ccc(N(c2ccc(C(=O)c3ccccc3)cc2)c2cccc3ccccc23)cc1. The molecule has 2 nitrogen and oxygen atoms in total. The topological polar surface area (TPSA) is 20.3 Å². The van der Waals surface area contributed by atoms with Crippen molar-refractivity contribution in [3.05, 3.63) is 138 Å². The van der Waals surface area contributed by atoms with Crippen molar-refractivity contribution < 1.29 is 4.79 Å². The molecule has 0 heterocycles. The Bertz CT molecular complexity index is 1370. The summed E-state index contributed by atoms with van der Waals surface area (Å²) in [5, 5.41) is 2.37. The number of hydrogen-bond acceptors (Lipinski definition) is 2. The number of ketones is 1. The standard InChI is InChI=1S/C30H23NO/c1-22-14-18-26(19-15-22)31(29-13-7-11-23-8-5-6-12-28(23)29)27-20-16-25(17-21-27)30(32)24-9-3-2-4-10-24/h2-21H,1H3. The fourth-order valence-electron chi connectivity index (χ4n) is 4.04. The van der Waals surface area contributed by atoms with E-state index in [2.05, 4.69) is 78.6 Å². The summed E-state index contributed by atoms with van der Waals surface area (Å²) in [7, 11) is 0. The quantitative estimate of drug-likeness (QED) is 0.273. The first kappa shape index (κ1) is 19.8. The summed E-state index contributed by atoms with van der Waals surface area (Å²) in [6, 6.07) is 40.6. The van der Waals surface area contributed by atoms with Crippen LogP contribution in [0, 0.1) is 6.92 Å². The number of carbonyl (C=O) groups is 1. The van der Waals surface area contributed by atoms with Crippen molar-refractivity contribution in [3.63, 3.8) is 0 Å². The van der Waals surface area contributed by atoms with E-state index in [9.17, 15) is 4.79 Å². The summed E-state index contributed by atoms with van der Waals surface area (Å²) in [5.74, 6) is 0.0317. The van der Waals surface area contributed by atoms with Crippen molar-refractivity contribution in [1.82, 2.24) is 0 Å². The minimum Gasteiger partial charge on any atom is -0.310 e. The molecule has 0 N–H and O–H groups in total. The first-order valence-corrected chi connectivity index (χ1v) is 10.7. The molecule has 0 atom stereocenters. The Morgan fingerprint density at radius 3 is 1.84 bits per heavy atom. The minimum absolute atomic E-state index is 0.0317. The number of carbonyl (C=O) groups excluding carboxylic acids is 1. The first-order chi connectivity index (χ1) is 15.7. The molecule has 5 aromatic rings. The zero-order valence-electron chi connectivity index (χ0n) is 17.9. The van der Waals surface area contributed by atoms with Gasteiger partial charge in [-0.25, -0.2) is 0 Å². The van der Waals surface area contributed by atoms with Crippen LogP contribution in [0.25, 0.3) is 10.8 Å². The monoisotopic (exact) mass is 413 g/mol. The van der Waals surface area contributed by atoms with Crippen LogP contribution >= 0.6 is 0 Å². The molecule has 0 saturated heterocycles. The van der Waals surface area contributed by atoms with E-state index in [0.717, 1.165) is 17.1 Å². The van der Waals surface area contributed by atoms with Gasteiger partial charge in [0, 0.05) is 27.9 Å². The minimum atomic E-state index is 0.0317. The predicted octanol–water partition coefficient (Wildman–Crippen LogP) is 7.85. The molecular formula is C30H23NO. The third-order valence-electron chi connectivity index (χ3n) is 5.72. The molecule has 32 heavy (non-hydrogen) atoms. The maximum absolute atomic E-state index is 12.9. The van der Waals surface area contributed by atoms with E-state index < -0.39 is 0 Å². The number of fused-ring (bicyclic) bond motifs is 1. The van der Waals surface area contributed by atoms with Crippen molar-refractivity contribution >= 4 is 33.6 Å². The van der Waals surface area contributed by atoms with Gasteiger partial charge in [0.25, 0.3) is 0 Å². The lowest BCUT2D eigenvalue weighted by Crippen LogP contribution is -2.11. The van der Waals surface area contributed by atoms with E-state index in [1.54, 1.807) is 0 Å². The molecule has 0 aliphatic heterocycles. The molecule has 154 valence electrons. The summed E-state index contributed by atoms with van der Waals surface area (Å²) < 4.78 is 0. The van der Waals surface area contributed by atoms with E-state index >= 15 is 0 Å². The average molecular weight is 414 g/mol. The van der Waals surface area contributed by atoms with E-state index in [-0.39, 0.29) is 5.78 Å². The lowest BCUT2D eigenvalue weighted by atomic mass is 10.0. The third-order valence-corrected chi connectivity index (χ3v) is 5.72. The number of benzene rings is 5. The van der Waals surface area contributed by atoms with Crippen LogP contribution in [-0.4, -0.2) is 5.78 Å². The van der Waals surface area contributed by atoms with Crippen LogP contribution in [0.5, 0.6) is 0 Å². The van der Waals surface area contributed by atoms with Gasteiger partial charge >= 0.3 is 0 Å². The maximum Gasteiger partial charge on any atom is 0.193 e. The Kier molecular flexibility index (Phi) is 5.27. The molecule has 2 heteroatoms. The summed E-state index contributed by atoms with van der Waals surface area (Å²) >= 11 is 0. The van der Waals surface area contributed by atoms with Crippen molar-refractivity contribution in [2.24, 2.45) is 0 Å². The Morgan fingerprint density at radius 2 is 1.12 bits per heavy atom. The predicted molar refractivity (Wildman–Crippen MR) is 133 cm³/mol. The molecule has 0 bridgehead atoms. The molecule has 0 aliphatic rings. The zero-order valence-corrected chi connectivity index (χ0v) is 17.9. The smallest absolute Gasteiger partial charge is 0.193 e. The van der Waals surface area contributed by atoms with Crippen LogP contribution in [0.1, 0.15) is 21.5 Å². The molecule has 5 rings (SSSR count). The highest BCUT2D eigenvalue weighted by molar-refractivity contribution is 6.09. The van der Waals surface area contributed by atoms with Crippen LogP contribution in [-0.2, 0) is 0 Å². The first-order valence-electron chi connectivity index (χ1n) is 10.7. The van der Waals surface area contributed by atoms with Crippen molar-refractivity contribution in [3.8, 4) is 0 Å². The summed E-state index contributed by atoms with van der Waals surface area (Å²) in [6.07, 6.45) is 0. The zero-order chi connectivity index (χ0) is 21.9. The number of rotatable bonds is 5. The third kappa shape index (κ3) is 3.79. The van der Waals surface area contributed by atoms with Gasteiger partial charge in [-0.3, -0.25) is 4.79 Å².